The lowest BCUT2D eigenvalue weighted by molar-refractivity contribution is -0.115. The van der Waals surface area contributed by atoms with Gasteiger partial charge in [0.15, 0.2) is 0 Å². The third-order valence-corrected chi connectivity index (χ3v) is 4.95. The Labute approximate surface area is 157 Å². The first-order valence-electron chi connectivity index (χ1n) is 8.35. The van der Waals surface area contributed by atoms with Gasteiger partial charge in [0.05, 0.1) is 5.25 Å². The van der Waals surface area contributed by atoms with E-state index in [0.29, 0.717) is 0 Å². The molecule has 2 amide bonds. The number of amides is 2. The molecule has 26 heavy (non-hydrogen) atoms. The van der Waals surface area contributed by atoms with Crippen LogP contribution in [0.2, 0.25) is 0 Å². The van der Waals surface area contributed by atoms with Crippen LogP contribution in [-0.2, 0) is 9.59 Å². The predicted octanol–water partition coefficient (Wildman–Crippen LogP) is 4.92. The van der Waals surface area contributed by atoms with Gasteiger partial charge < -0.3 is 10.6 Å². The number of anilines is 2. The molecule has 132 valence electrons. The number of hydrogen-bond acceptors (Lipinski definition) is 3. The zero-order chi connectivity index (χ0) is 18.5. The Hall–Kier alpha value is -2.79. The minimum Gasteiger partial charge on any atom is -0.326 e. The molecule has 0 bridgehead atoms. The summed E-state index contributed by atoms with van der Waals surface area (Å²) in [6.07, 6.45) is 0. The molecule has 0 radical (unpaired) electrons. The third-order valence-electron chi connectivity index (χ3n) is 3.85. The maximum atomic E-state index is 12.5. The number of hydrogen-bond donors (Lipinski definition) is 2. The number of thioether (sulfide) groups is 1. The number of carbonyl (C=O) groups excluding carboxylic acids is 2. The molecule has 0 saturated carbocycles. The Balaban J connectivity index is 1.66. The quantitative estimate of drug-likeness (QED) is 0.632. The molecule has 0 aliphatic heterocycles. The highest BCUT2D eigenvalue weighted by molar-refractivity contribution is 8.00. The van der Waals surface area contributed by atoms with Gasteiger partial charge >= 0.3 is 0 Å². The number of rotatable bonds is 5. The van der Waals surface area contributed by atoms with E-state index in [2.05, 4.69) is 10.6 Å². The lowest BCUT2D eigenvalue weighted by Gasteiger charge is -2.13. The van der Waals surface area contributed by atoms with Gasteiger partial charge in [-0.05, 0) is 48.0 Å². The maximum absolute atomic E-state index is 12.5. The smallest absolute Gasteiger partial charge is 0.237 e. The summed E-state index contributed by atoms with van der Waals surface area (Å²) in [5.74, 6) is -0.176. The minimum absolute atomic E-state index is 0.0600. The Kier molecular flexibility index (Phi) is 5.58. The highest BCUT2D eigenvalue weighted by atomic mass is 32.2. The van der Waals surface area contributed by atoms with E-state index in [1.807, 2.05) is 73.7 Å². The van der Waals surface area contributed by atoms with Crippen LogP contribution in [0.3, 0.4) is 0 Å². The molecule has 0 heterocycles. The average molecular weight is 364 g/mol. The van der Waals surface area contributed by atoms with Crippen LogP contribution in [-0.4, -0.2) is 17.1 Å². The van der Waals surface area contributed by atoms with Crippen molar-refractivity contribution in [2.45, 2.75) is 24.0 Å². The Bertz CT molecular complexity index is 955. The molecule has 4 nitrogen and oxygen atoms in total. The van der Waals surface area contributed by atoms with Crippen molar-refractivity contribution >= 4 is 45.7 Å². The summed E-state index contributed by atoms with van der Waals surface area (Å²) >= 11 is 1.45. The zero-order valence-electron chi connectivity index (χ0n) is 14.7. The van der Waals surface area contributed by atoms with Crippen LogP contribution < -0.4 is 10.6 Å². The molecule has 0 fully saturated rings. The van der Waals surface area contributed by atoms with E-state index in [1.165, 1.54) is 18.7 Å². The normalized spacial score (nSPS) is 11.8. The second-order valence-electron chi connectivity index (χ2n) is 6.02. The lowest BCUT2D eigenvalue weighted by atomic mass is 10.1. The standard InChI is InChI=1S/C21H20N2O2S/c1-14(26-20-9-5-8-18(13-20)22-15(2)24)21(25)23-19-11-10-16-6-3-4-7-17(16)12-19/h3-14H,1-2H3,(H,22,24)(H,23,25). The second-order valence-corrected chi connectivity index (χ2v) is 7.43. The first kappa shape index (κ1) is 18.0. The van der Waals surface area contributed by atoms with E-state index in [-0.39, 0.29) is 17.1 Å². The molecule has 0 aliphatic rings. The van der Waals surface area contributed by atoms with E-state index in [0.717, 1.165) is 27.0 Å². The molecule has 3 rings (SSSR count). The number of carbonyl (C=O) groups is 2. The fourth-order valence-electron chi connectivity index (χ4n) is 2.62. The van der Waals surface area contributed by atoms with Crippen molar-refractivity contribution in [3.8, 4) is 0 Å². The molecule has 3 aromatic rings. The fourth-order valence-corrected chi connectivity index (χ4v) is 3.55. The van der Waals surface area contributed by atoms with Gasteiger partial charge in [0.1, 0.15) is 0 Å². The van der Waals surface area contributed by atoms with Crippen molar-refractivity contribution in [1.29, 1.82) is 0 Å². The van der Waals surface area contributed by atoms with Gasteiger partial charge in [-0.25, -0.2) is 0 Å². The second kappa shape index (κ2) is 8.06. The largest absolute Gasteiger partial charge is 0.326 e. The van der Waals surface area contributed by atoms with Gasteiger partial charge in [-0.1, -0.05) is 36.4 Å². The Morgan fingerprint density at radius 1 is 0.846 bits per heavy atom. The van der Waals surface area contributed by atoms with Crippen LogP contribution in [0, 0.1) is 0 Å². The fraction of sp³-hybridized carbons (Fsp3) is 0.143. The SMILES string of the molecule is CC(=O)Nc1cccc(SC(C)C(=O)Nc2ccc3ccccc3c2)c1. The third kappa shape index (κ3) is 4.64. The van der Waals surface area contributed by atoms with E-state index in [9.17, 15) is 9.59 Å². The van der Waals surface area contributed by atoms with Crippen LogP contribution in [0.25, 0.3) is 10.8 Å². The van der Waals surface area contributed by atoms with Crippen LogP contribution in [0.15, 0.2) is 71.6 Å². The molecular formula is C21H20N2O2S. The number of benzene rings is 3. The summed E-state index contributed by atoms with van der Waals surface area (Å²) in [4.78, 5) is 24.6. The molecular weight excluding hydrogens is 344 g/mol. The van der Waals surface area contributed by atoms with E-state index in [4.69, 9.17) is 0 Å². The minimum atomic E-state index is -0.269. The van der Waals surface area contributed by atoms with Gasteiger partial charge in [0, 0.05) is 23.2 Å². The molecule has 2 N–H and O–H groups in total. The maximum Gasteiger partial charge on any atom is 0.237 e. The van der Waals surface area contributed by atoms with Crippen molar-refractivity contribution < 1.29 is 9.59 Å². The Morgan fingerprint density at radius 3 is 2.35 bits per heavy atom. The molecule has 1 unspecified atom stereocenters. The van der Waals surface area contributed by atoms with Gasteiger partial charge in [-0.15, -0.1) is 11.8 Å². The summed E-state index contributed by atoms with van der Waals surface area (Å²) in [5.41, 5.74) is 1.51. The van der Waals surface area contributed by atoms with Crippen LogP contribution >= 0.6 is 11.8 Å². The molecule has 3 aromatic carbocycles. The summed E-state index contributed by atoms with van der Waals surface area (Å²) < 4.78 is 0. The van der Waals surface area contributed by atoms with Gasteiger partial charge in [-0.2, -0.15) is 0 Å². The van der Waals surface area contributed by atoms with Crippen molar-refractivity contribution in [3.05, 3.63) is 66.7 Å². The molecule has 0 spiro atoms. The summed E-state index contributed by atoms with van der Waals surface area (Å²) in [7, 11) is 0. The molecule has 5 heteroatoms. The van der Waals surface area contributed by atoms with E-state index in [1.54, 1.807) is 0 Å². The molecule has 0 aliphatic carbocycles. The van der Waals surface area contributed by atoms with Crippen molar-refractivity contribution in [2.24, 2.45) is 0 Å². The Morgan fingerprint density at radius 2 is 1.58 bits per heavy atom. The topological polar surface area (TPSA) is 58.2 Å². The summed E-state index contributed by atoms with van der Waals surface area (Å²) in [6.45, 7) is 3.34. The van der Waals surface area contributed by atoms with E-state index >= 15 is 0 Å². The summed E-state index contributed by atoms with van der Waals surface area (Å²) in [5, 5.41) is 7.69. The first-order valence-corrected chi connectivity index (χ1v) is 9.23. The predicted molar refractivity (Wildman–Crippen MR) is 109 cm³/mol. The van der Waals surface area contributed by atoms with Gasteiger partial charge in [-0.3, -0.25) is 9.59 Å². The highest BCUT2D eigenvalue weighted by Gasteiger charge is 2.15. The van der Waals surface area contributed by atoms with Crippen molar-refractivity contribution in [2.75, 3.05) is 10.6 Å². The van der Waals surface area contributed by atoms with Crippen molar-refractivity contribution in [3.63, 3.8) is 0 Å². The number of nitrogens with one attached hydrogen (secondary N) is 2. The summed E-state index contributed by atoms with van der Waals surface area (Å²) in [6, 6.07) is 21.4. The zero-order valence-corrected chi connectivity index (χ0v) is 15.5. The van der Waals surface area contributed by atoms with Crippen LogP contribution in [0.1, 0.15) is 13.8 Å². The van der Waals surface area contributed by atoms with E-state index < -0.39 is 0 Å². The lowest BCUT2D eigenvalue weighted by Crippen LogP contribution is -2.22. The average Bonchev–Trinajstić information content (AvgIpc) is 2.61. The number of fused-ring (bicyclic) bond motifs is 1. The van der Waals surface area contributed by atoms with Gasteiger partial charge in [0.2, 0.25) is 11.8 Å². The molecule has 0 saturated heterocycles. The van der Waals surface area contributed by atoms with Crippen molar-refractivity contribution in [1.82, 2.24) is 0 Å². The van der Waals surface area contributed by atoms with Gasteiger partial charge in [0.25, 0.3) is 0 Å². The monoisotopic (exact) mass is 364 g/mol. The molecule has 0 aromatic heterocycles. The highest BCUT2D eigenvalue weighted by Crippen LogP contribution is 2.27. The molecule has 1 atom stereocenters. The van der Waals surface area contributed by atoms with Crippen LogP contribution in [0.5, 0.6) is 0 Å². The van der Waals surface area contributed by atoms with Crippen LogP contribution in [0.4, 0.5) is 11.4 Å². The first-order chi connectivity index (χ1) is 12.5.